The minimum Gasteiger partial charge on any atom is -0.385 e. The van der Waals surface area contributed by atoms with Crippen molar-refractivity contribution in [2.24, 2.45) is 0 Å². The molecule has 0 aliphatic carbocycles. The largest absolute Gasteiger partial charge is 0.385 e. The summed E-state index contributed by atoms with van der Waals surface area (Å²) in [7, 11) is -2.55. The second kappa shape index (κ2) is 5.90. The van der Waals surface area contributed by atoms with E-state index in [1.807, 2.05) is 12.1 Å². The van der Waals surface area contributed by atoms with Gasteiger partial charge in [0.05, 0.1) is 7.11 Å². The molecule has 0 bridgehead atoms. The van der Waals surface area contributed by atoms with Gasteiger partial charge in [0.1, 0.15) is 11.9 Å². The van der Waals surface area contributed by atoms with Crippen LogP contribution in [0, 0.1) is 0 Å². The first-order valence-electron chi connectivity index (χ1n) is 5.05. The fourth-order valence-electron chi connectivity index (χ4n) is 1.33. The predicted molar refractivity (Wildman–Crippen MR) is 63.5 cm³/mol. The first kappa shape index (κ1) is 13.8. The van der Waals surface area contributed by atoms with Crippen LogP contribution in [0.3, 0.4) is 0 Å². The number of aliphatic hydroxyl groups excluding tert-OH is 1. The normalized spacial score (nSPS) is 13.3. The van der Waals surface area contributed by atoms with Crippen LogP contribution in [0.5, 0.6) is 0 Å². The SMILES string of the molecule is C=Cc1cc[n+](CC(O)CS(=O)(=O)OC)cc1. The predicted octanol–water partition coefficient (Wildman–Crippen LogP) is -0.0458. The van der Waals surface area contributed by atoms with Gasteiger partial charge in [-0.05, 0) is 5.56 Å². The van der Waals surface area contributed by atoms with Crippen LogP contribution in [-0.2, 0) is 20.8 Å². The monoisotopic (exact) mass is 258 g/mol. The number of aliphatic hydroxyl groups is 1. The maximum absolute atomic E-state index is 11.1. The van der Waals surface area contributed by atoms with Crippen LogP contribution < -0.4 is 4.57 Å². The van der Waals surface area contributed by atoms with E-state index < -0.39 is 22.0 Å². The lowest BCUT2D eigenvalue weighted by atomic mass is 10.2. The second-order valence-corrected chi connectivity index (χ2v) is 5.36. The van der Waals surface area contributed by atoms with Gasteiger partial charge in [-0.3, -0.25) is 4.18 Å². The molecule has 0 aromatic carbocycles. The summed E-state index contributed by atoms with van der Waals surface area (Å²) in [4.78, 5) is 0. The van der Waals surface area contributed by atoms with Gasteiger partial charge >= 0.3 is 0 Å². The highest BCUT2D eigenvalue weighted by molar-refractivity contribution is 7.86. The van der Waals surface area contributed by atoms with Crippen LogP contribution in [0.4, 0.5) is 0 Å². The molecule has 17 heavy (non-hydrogen) atoms. The Balaban J connectivity index is 2.61. The molecule has 1 atom stereocenters. The molecule has 0 fully saturated rings. The van der Waals surface area contributed by atoms with Gasteiger partial charge in [0.25, 0.3) is 10.1 Å². The van der Waals surface area contributed by atoms with Crippen molar-refractivity contribution >= 4 is 16.2 Å². The fourth-order valence-corrected chi connectivity index (χ4v) is 2.04. The summed E-state index contributed by atoms with van der Waals surface area (Å²) in [5.74, 6) is -0.417. The van der Waals surface area contributed by atoms with Gasteiger partial charge in [0.2, 0.25) is 0 Å². The Morgan fingerprint density at radius 1 is 1.53 bits per heavy atom. The van der Waals surface area contributed by atoms with Gasteiger partial charge in [-0.2, -0.15) is 8.42 Å². The molecule has 0 aliphatic heterocycles. The van der Waals surface area contributed by atoms with Gasteiger partial charge in [-0.25, -0.2) is 4.57 Å². The molecule has 0 saturated carbocycles. The van der Waals surface area contributed by atoms with Crippen LogP contribution in [0.15, 0.2) is 31.1 Å². The zero-order valence-corrected chi connectivity index (χ0v) is 10.4. The van der Waals surface area contributed by atoms with E-state index in [9.17, 15) is 13.5 Å². The van der Waals surface area contributed by atoms with Crippen LogP contribution in [-0.4, -0.2) is 32.5 Å². The van der Waals surface area contributed by atoms with Gasteiger partial charge in [0.15, 0.2) is 18.9 Å². The number of hydrogen-bond donors (Lipinski definition) is 1. The fraction of sp³-hybridized carbons (Fsp3) is 0.364. The number of hydrogen-bond acceptors (Lipinski definition) is 4. The maximum atomic E-state index is 11.1. The molecular formula is C11H16NO4S+. The molecule has 1 N–H and O–H groups in total. The molecule has 0 saturated heterocycles. The van der Waals surface area contributed by atoms with Crippen molar-refractivity contribution in [3.05, 3.63) is 36.7 Å². The molecule has 1 unspecified atom stereocenters. The highest BCUT2D eigenvalue weighted by Gasteiger charge is 2.19. The number of nitrogens with zero attached hydrogens (tertiary/aromatic N) is 1. The lowest BCUT2D eigenvalue weighted by Crippen LogP contribution is -2.41. The third kappa shape index (κ3) is 4.64. The summed E-state index contributed by atoms with van der Waals surface area (Å²) in [5, 5.41) is 9.60. The van der Waals surface area contributed by atoms with Gasteiger partial charge in [0, 0.05) is 12.1 Å². The van der Waals surface area contributed by atoms with Gasteiger partial charge in [-0.1, -0.05) is 12.7 Å². The average molecular weight is 258 g/mol. The molecule has 0 amide bonds. The average Bonchev–Trinajstić information content (AvgIpc) is 2.29. The molecule has 0 radical (unpaired) electrons. The van der Waals surface area contributed by atoms with E-state index in [1.165, 1.54) is 0 Å². The number of pyridine rings is 1. The molecule has 0 spiro atoms. The van der Waals surface area contributed by atoms with Crippen LogP contribution >= 0.6 is 0 Å². The van der Waals surface area contributed by atoms with Crippen LogP contribution in [0.2, 0.25) is 0 Å². The van der Waals surface area contributed by atoms with Crippen molar-refractivity contribution in [3.8, 4) is 0 Å². The quantitative estimate of drug-likeness (QED) is 0.574. The molecule has 5 nitrogen and oxygen atoms in total. The van der Waals surface area contributed by atoms with Gasteiger partial charge in [-0.15, -0.1) is 0 Å². The maximum Gasteiger partial charge on any atom is 0.269 e. The summed E-state index contributed by atoms with van der Waals surface area (Å²) >= 11 is 0. The Bertz CT molecular complexity index is 467. The Kier molecular flexibility index (Phi) is 4.80. The molecule has 6 heteroatoms. The molecule has 1 rings (SSSR count). The molecule has 1 heterocycles. The zero-order chi connectivity index (χ0) is 12.9. The lowest BCUT2D eigenvalue weighted by Gasteiger charge is -2.06. The zero-order valence-electron chi connectivity index (χ0n) is 9.61. The highest BCUT2D eigenvalue weighted by Crippen LogP contribution is 1.98. The van der Waals surface area contributed by atoms with Crippen LogP contribution in [0.1, 0.15) is 5.56 Å². The minimum atomic E-state index is -3.63. The number of aromatic nitrogens is 1. The molecule has 1 aromatic heterocycles. The van der Waals surface area contributed by atoms with Crippen molar-refractivity contribution in [3.63, 3.8) is 0 Å². The van der Waals surface area contributed by atoms with Crippen molar-refractivity contribution in [2.45, 2.75) is 12.6 Å². The molecule has 0 aliphatic rings. The van der Waals surface area contributed by atoms with E-state index in [0.717, 1.165) is 12.7 Å². The standard InChI is InChI=1S/C11H16NO4S/c1-3-10-4-6-12(7-5-10)8-11(13)9-17(14,15)16-2/h3-7,11,13H,1,8-9H2,2H3/q+1. The highest BCUT2D eigenvalue weighted by atomic mass is 32.2. The second-order valence-electron chi connectivity index (χ2n) is 3.58. The van der Waals surface area contributed by atoms with E-state index >= 15 is 0 Å². The Labute approximate surface area is 101 Å². The minimum absolute atomic E-state index is 0.194. The summed E-state index contributed by atoms with van der Waals surface area (Å²) in [5.41, 5.74) is 0.959. The lowest BCUT2D eigenvalue weighted by molar-refractivity contribution is -0.703. The summed E-state index contributed by atoms with van der Waals surface area (Å²) in [6, 6.07) is 3.65. The smallest absolute Gasteiger partial charge is 0.269 e. The Morgan fingerprint density at radius 2 is 2.12 bits per heavy atom. The van der Waals surface area contributed by atoms with E-state index in [-0.39, 0.29) is 6.54 Å². The van der Waals surface area contributed by atoms with E-state index in [2.05, 4.69) is 10.8 Å². The number of rotatable bonds is 6. The first-order valence-corrected chi connectivity index (χ1v) is 6.62. The van der Waals surface area contributed by atoms with Crippen molar-refractivity contribution in [1.29, 1.82) is 0 Å². The third-order valence-electron chi connectivity index (χ3n) is 2.22. The molecular weight excluding hydrogens is 242 g/mol. The topological polar surface area (TPSA) is 67.5 Å². The van der Waals surface area contributed by atoms with Crippen molar-refractivity contribution in [1.82, 2.24) is 0 Å². The Hall–Kier alpha value is -1.24. The van der Waals surface area contributed by atoms with E-state index in [0.29, 0.717) is 0 Å². The summed E-state index contributed by atoms with van der Waals surface area (Å²) < 4.78 is 28.2. The first-order chi connectivity index (χ1) is 7.96. The molecule has 94 valence electrons. The summed E-state index contributed by atoms with van der Waals surface area (Å²) in [6.07, 6.45) is 4.20. The van der Waals surface area contributed by atoms with E-state index in [4.69, 9.17) is 0 Å². The van der Waals surface area contributed by atoms with Gasteiger partial charge < -0.3 is 5.11 Å². The van der Waals surface area contributed by atoms with Crippen molar-refractivity contribution < 1.29 is 22.3 Å². The van der Waals surface area contributed by atoms with E-state index in [1.54, 1.807) is 23.0 Å². The van der Waals surface area contributed by atoms with Crippen molar-refractivity contribution in [2.75, 3.05) is 12.9 Å². The summed E-state index contributed by atoms with van der Waals surface area (Å²) in [6.45, 7) is 3.82. The Morgan fingerprint density at radius 3 is 2.59 bits per heavy atom. The van der Waals surface area contributed by atoms with Crippen LogP contribution in [0.25, 0.3) is 6.08 Å². The molecule has 1 aromatic rings. The third-order valence-corrected chi connectivity index (χ3v) is 3.53.